The van der Waals surface area contributed by atoms with Crippen LogP contribution in [0.15, 0.2) is 18.2 Å². The third kappa shape index (κ3) is 3.19. The Morgan fingerprint density at radius 2 is 2.16 bits per heavy atom. The Hall–Kier alpha value is -1.26. The van der Waals surface area contributed by atoms with Crippen LogP contribution >= 0.6 is 11.6 Å². The van der Waals surface area contributed by atoms with E-state index in [1.54, 1.807) is 18.2 Å². The van der Waals surface area contributed by atoms with Crippen molar-refractivity contribution in [3.05, 3.63) is 29.3 Å². The number of phenolic OH excluding ortho intramolecular Hbond substituents is 1. The summed E-state index contributed by atoms with van der Waals surface area (Å²) in [7, 11) is 0. The van der Waals surface area contributed by atoms with E-state index < -0.39 is 5.54 Å². The fraction of sp³-hybridized carbons (Fsp3) is 0.500. The standard InChI is InChI=1S/C14H18ClNO3/c1-10-2-3-11(12(17)8-10)13(18)16-14(9-15)4-6-19-7-5-14/h2-3,8,17H,4-7,9H2,1H3,(H,16,18). The lowest BCUT2D eigenvalue weighted by Crippen LogP contribution is -2.53. The van der Waals surface area contributed by atoms with Gasteiger partial charge in [0, 0.05) is 19.1 Å². The second-order valence-electron chi connectivity index (χ2n) is 5.00. The van der Waals surface area contributed by atoms with Crippen LogP contribution in [0, 0.1) is 6.92 Å². The number of aromatic hydroxyl groups is 1. The number of benzene rings is 1. The van der Waals surface area contributed by atoms with Gasteiger partial charge in [-0.15, -0.1) is 11.6 Å². The molecule has 1 aliphatic rings. The summed E-state index contributed by atoms with van der Waals surface area (Å²) in [5.74, 6) is 0.0451. The third-order valence-corrected chi connectivity index (χ3v) is 3.99. The number of hydrogen-bond donors (Lipinski definition) is 2. The molecule has 1 saturated heterocycles. The first-order valence-electron chi connectivity index (χ1n) is 6.32. The van der Waals surface area contributed by atoms with E-state index in [9.17, 15) is 9.90 Å². The van der Waals surface area contributed by atoms with E-state index in [1.165, 1.54) is 0 Å². The Balaban J connectivity index is 2.15. The lowest BCUT2D eigenvalue weighted by molar-refractivity contribution is 0.0433. The van der Waals surface area contributed by atoms with E-state index in [0.29, 0.717) is 31.9 Å². The van der Waals surface area contributed by atoms with E-state index in [0.717, 1.165) is 5.56 Å². The van der Waals surface area contributed by atoms with Gasteiger partial charge in [0.05, 0.1) is 11.1 Å². The highest BCUT2D eigenvalue weighted by atomic mass is 35.5. The highest BCUT2D eigenvalue weighted by Crippen LogP contribution is 2.25. The van der Waals surface area contributed by atoms with Crippen LogP contribution in [0.25, 0.3) is 0 Å². The molecule has 0 radical (unpaired) electrons. The van der Waals surface area contributed by atoms with Crippen molar-refractivity contribution < 1.29 is 14.6 Å². The molecule has 0 bridgehead atoms. The number of ether oxygens (including phenoxy) is 1. The van der Waals surface area contributed by atoms with Crippen LogP contribution in [0.5, 0.6) is 5.75 Å². The SMILES string of the molecule is Cc1ccc(C(=O)NC2(CCl)CCOCC2)c(O)c1. The predicted octanol–water partition coefficient (Wildman–Crippen LogP) is 2.22. The number of phenols is 1. The van der Waals surface area contributed by atoms with Crippen molar-refractivity contribution in [2.45, 2.75) is 25.3 Å². The first kappa shape index (κ1) is 14.2. The van der Waals surface area contributed by atoms with Gasteiger partial charge in [-0.3, -0.25) is 4.79 Å². The van der Waals surface area contributed by atoms with Gasteiger partial charge in [-0.1, -0.05) is 6.07 Å². The Morgan fingerprint density at radius 1 is 1.47 bits per heavy atom. The smallest absolute Gasteiger partial charge is 0.255 e. The minimum absolute atomic E-state index is 0.00529. The van der Waals surface area contributed by atoms with Crippen molar-refractivity contribution in [2.75, 3.05) is 19.1 Å². The molecule has 1 aromatic rings. The zero-order valence-corrected chi connectivity index (χ0v) is 11.7. The van der Waals surface area contributed by atoms with Gasteiger partial charge in [-0.2, -0.15) is 0 Å². The van der Waals surface area contributed by atoms with Crippen molar-refractivity contribution in [1.82, 2.24) is 5.32 Å². The summed E-state index contributed by atoms with van der Waals surface area (Å²) in [5, 5.41) is 12.8. The molecule has 2 N–H and O–H groups in total. The monoisotopic (exact) mass is 283 g/mol. The average Bonchev–Trinajstić information content (AvgIpc) is 2.39. The summed E-state index contributed by atoms with van der Waals surface area (Å²) in [6.07, 6.45) is 1.38. The van der Waals surface area contributed by atoms with E-state index in [4.69, 9.17) is 16.3 Å². The average molecular weight is 284 g/mol. The van der Waals surface area contributed by atoms with E-state index >= 15 is 0 Å². The van der Waals surface area contributed by atoms with Crippen LogP contribution in [0.4, 0.5) is 0 Å². The fourth-order valence-electron chi connectivity index (χ4n) is 2.20. The van der Waals surface area contributed by atoms with Gasteiger partial charge < -0.3 is 15.2 Å². The Morgan fingerprint density at radius 3 is 2.74 bits per heavy atom. The van der Waals surface area contributed by atoms with E-state index in [-0.39, 0.29) is 17.2 Å². The molecule has 1 amide bonds. The summed E-state index contributed by atoms with van der Waals surface area (Å²) in [4.78, 5) is 12.2. The normalized spacial score (nSPS) is 18.0. The molecule has 0 unspecified atom stereocenters. The molecule has 0 aromatic heterocycles. The van der Waals surface area contributed by atoms with Crippen molar-refractivity contribution in [2.24, 2.45) is 0 Å². The molecule has 0 atom stereocenters. The number of carbonyl (C=O) groups excluding carboxylic acids is 1. The zero-order valence-electron chi connectivity index (χ0n) is 10.9. The minimum atomic E-state index is -0.436. The van der Waals surface area contributed by atoms with Crippen molar-refractivity contribution in [3.8, 4) is 5.75 Å². The number of amides is 1. The second-order valence-corrected chi connectivity index (χ2v) is 5.27. The summed E-state index contributed by atoms with van der Waals surface area (Å²) in [6, 6.07) is 5.00. The van der Waals surface area contributed by atoms with Crippen LogP contribution < -0.4 is 5.32 Å². The van der Waals surface area contributed by atoms with Gasteiger partial charge >= 0.3 is 0 Å². The molecule has 0 spiro atoms. The molecular formula is C14H18ClNO3. The van der Waals surface area contributed by atoms with Crippen molar-refractivity contribution in [1.29, 1.82) is 0 Å². The molecule has 104 valence electrons. The predicted molar refractivity (Wildman–Crippen MR) is 73.8 cm³/mol. The Labute approximate surface area is 117 Å². The van der Waals surface area contributed by atoms with Crippen LogP contribution in [0.1, 0.15) is 28.8 Å². The first-order chi connectivity index (χ1) is 9.06. The summed E-state index contributed by atoms with van der Waals surface area (Å²) >= 11 is 6.00. The number of hydrogen-bond acceptors (Lipinski definition) is 3. The zero-order chi connectivity index (χ0) is 13.9. The largest absolute Gasteiger partial charge is 0.507 e. The molecule has 1 heterocycles. The molecule has 0 saturated carbocycles. The molecule has 4 nitrogen and oxygen atoms in total. The number of carbonyl (C=O) groups is 1. The summed E-state index contributed by atoms with van der Waals surface area (Å²) in [5.41, 5.74) is 0.752. The van der Waals surface area contributed by atoms with Crippen molar-refractivity contribution in [3.63, 3.8) is 0 Å². The number of aryl methyl sites for hydroxylation is 1. The van der Waals surface area contributed by atoms with E-state index in [1.807, 2.05) is 6.92 Å². The maximum atomic E-state index is 12.2. The van der Waals surface area contributed by atoms with Gasteiger partial charge in [-0.05, 0) is 37.5 Å². The van der Waals surface area contributed by atoms with Crippen molar-refractivity contribution >= 4 is 17.5 Å². The molecule has 1 fully saturated rings. The summed E-state index contributed by atoms with van der Waals surface area (Å²) in [6.45, 7) is 3.04. The quantitative estimate of drug-likeness (QED) is 0.836. The highest BCUT2D eigenvalue weighted by Gasteiger charge is 2.34. The van der Waals surface area contributed by atoms with E-state index in [2.05, 4.69) is 5.32 Å². The molecule has 5 heteroatoms. The molecular weight excluding hydrogens is 266 g/mol. The summed E-state index contributed by atoms with van der Waals surface area (Å²) < 4.78 is 5.29. The van der Waals surface area contributed by atoms with Gasteiger partial charge in [0.1, 0.15) is 5.75 Å². The van der Waals surface area contributed by atoms with Crippen LogP contribution in [-0.2, 0) is 4.74 Å². The molecule has 0 aliphatic carbocycles. The van der Waals surface area contributed by atoms with Crippen LogP contribution in [0.2, 0.25) is 0 Å². The Kier molecular flexibility index (Phi) is 4.32. The van der Waals surface area contributed by atoms with Crippen LogP contribution in [-0.4, -0.2) is 35.6 Å². The highest BCUT2D eigenvalue weighted by molar-refractivity contribution is 6.19. The number of alkyl halides is 1. The topological polar surface area (TPSA) is 58.6 Å². The first-order valence-corrected chi connectivity index (χ1v) is 6.86. The minimum Gasteiger partial charge on any atom is -0.507 e. The number of nitrogens with one attached hydrogen (secondary N) is 1. The Bertz CT molecular complexity index is 470. The van der Waals surface area contributed by atoms with Gasteiger partial charge in [0.25, 0.3) is 5.91 Å². The number of halogens is 1. The molecule has 2 rings (SSSR count). The van der Waals surface area contributed by atoms with Crippen LogP contribution in [0.3, 0.4) is 0 Å². The maximum Gasteiger partial charge on any atom is 0.255 e. The lowest BCUT2D eigenvalue weighted by Gasteiger charge is -2.36. The maximum absolute atomic E-state index is 12.2. The second kappa shape index (κ2) is 5.80. The van der Waals surface area contributed by atoms with Gasteiger partial charge in [0.2, 0.25) is 0 Å². The molecule has 1 aromatic carbocycles. The van der Waals surface area contributed by atoms with Gasteiger partial charge in [-0.25, -0.2) is 0 Å². The third-order valence-electron chi connectivity index (χ3n) is 3.48. The number of rotatable bonds is 3. The van der Waals surface area contributed by atoms with Gasteiger partial charge in [0.15, 0.2) is 0 Å². The molecule has 19 heavy (non-hydrogen) atoms. The lowest BCUT2D eigenvalue weighted by atomic mass is 9.91. The molecule has 1 aliphatic heterocycles. The fourth-order valence-corrected chi connectivity index (χ4v) is 2.53.